The van der Waals surface area contributed by atoms with E-state index in [9.17, 15) is 0 Å². The Kier molecular flexibility index (Phi) is 7.33. The van der Waals surface area contributed by atoms with Gasteiger partial charge in [0, 0.05) is 39.1 Å². The van der Waals surface area contributed by atoms with Crippen LogP contribution in [0.25, 0.3) is 0 Å². The average Bonchev–Trinajstić information content (AvgIpc) is 3.12. The highest BCUT2D eigenvalue weighted by atomic mass is 15.2. The predicted molar refractivity (Wildman–Crippen MR) is 100 cm³/mol. The van der Waals surface area contributed by atoms with E-state index in [4.69, 9.17) is 0 Å². The van der Waals surface area contributed by atoms with Gasteiger partial charge in [0.15, 0.2) is 5.96 Å². The molecule has 1 heterocycles. The van der Waals surface area contributed by atoms with Gasteiger partial charge in [0.05, 0.1) is 6.33 Å². The number of aliphatic imine (C=N–C) groups is 1. The third-order valence-electron chi connectivity index (χ3n) is 4.34. The molecule has 2 rings (SSSR count). The summed E-state index contributed by atoms with van der Waals surface area (Å²) in [6, 6.07) is 8.65. The quantitative estimate of drug-likeness (QED) is 0.579. The van der Waals surface area contributed by atoms with E-state index in [2.05, 4.69) is 63.3 Å². The van der Waals surface area contributed by atoms with Crippen molar-refractivity contribution >= 4 is 5.96 Å². The Morgan fingerprint density at radius 1 is 1.12 bits per heavy atom. The lowest BCUT2D eigenvalue weighted by molar-refractivity contribution is 0.481. The van der Waals surface area contributed by atoms with Gasteiger partial charge in [-0.1, -0.05) is 51.0 Å². The van der Waals surface area contributed by atoms with Gasteiger partial charge in [0.1, 0.15) is 0 Å². The van der Waals surface area contributed by atoms with E-state index in [0.29, 0.717) is 5.92 Å². The zero-order valence-electron chi connectivity index (χ0n) is 15.0. The van der Waals surface area contributed by atoms with E-state index in [1.54, 1.807) is 6.20 Å². The maximum atomic E-state index is 4.30. The molecule has 0 unspecified atom stereocenters. The molecule has 0 bridgehead atoms. The molecule has 0 aliphatic heterocycles. The highest BCUT2D eigenvalue weighted by Gasteiger charge is 2.05. The largest absolute Gasteiger partial charge is 0.356 e. The van der Waals surface area contributed by atoms with Crippen molar-refractivity contribution in [2.75, 3.05) is 13.6 Å². The molecular weight excluding hydrogens is 298 g/mol. The summed E-state index contributed by atoms with van der Waals surface area (Å²) >= 11 is 0. The molecule has 5 nitrogen and oxygen atoms in total. The van der Waals surface area contributed by atoms with Crippen molar-refractivity contribution in [3.05, 3.63) is 54.1 Å². The van der Waals surface area contributed by atoms with Crippen LogP contribution in [0.3, 0.4) is 0 Å². The molecule has 2 N–H and O–H groups in total. The first-order valence-corrected chi connectivity index (χ1v) is 8.73. The lowest BCUT2D eigenvalue weighted by Gasteiger charge is -2.16. The van der Waals surface area contributed by atoms with Crippen LogP contribution in [0, 0.1) is 5.92 Å². The van der Waals surface area contributed by atoms with Crippen LogP contribution in [0.1, 0.15) is 37.8 Å². The van der Waals surface area contributed by atoms with Gasteiger partial charge in [-0.2, -0.15) is 0 Å². The first kappa shape index (κ1) is 18.0. The first-order chi connectivity index (χ1) is 11.7. The van der Waals surface area contributed by atoms with E-state index < -0.39 is 0 Å². The first-order valence-electron chi connectivity index (χ1n) is 8.73. The Hall–Kier alpha value is -2.30. The summed E-state index contributed by atoms with van der Waals surface area (Å²) < 4.78 is 2.07. The van der Waals surface area contributed by atoms with Crippen molar-refractivity contribution in [2.45, 2.75) is 39.8 Å². The number of hydrogen-bond acceptors (Lipinski definition) is 2. The van der Waals surface area contributed by atoms with Crippen molar-refractivity contribution in [1.82, 2.24) is 20.2 Å². The topological polar surface area (TPSA) is 54.2 Å². The number of imidazole rings is 1. The monoisotopic (exact) mass is 327 g/mol. The van der Waals surface area contributed by atoms with Crippen molar-refractivity contribution in [1.29, 1.82) is 0 Å². The zero-order valence-corrected chi connectivity index (χ0v) is 15.0. The molecule has 1 aromatic heterocycles. The highest BCUT2D eigenvalue weighted by Crippen LogP contribution is 2.07. The maximum absolute atomic E-state index is 4.30. The molecule has 0 spiro atoms. The Balaban J connectivity index is 1.80. The number of rotatable bonds is 8. The number of hydrogen-bond donors (Lipinski definition) is 2. The van der Waals surface area contributed by atoms with E-state index >= 15 is 0 Å². The van der Waals surface area contributed by atoms with E-state index in [1.807, 2.05) is 19.6 Å². The summed E-state index contributed by atoms with van der Waals surface area (Å²) in [7, 11) is 1.82. The molecule has 0 radical (unpaired) electrons. The van der Waals surface area contributed by atoms with Crippen molar-refractivity contribution in [2.24, 2.45) is 10.9 Å². The SMILES string of the molecule is CCC(CC)CNC(=NC)NCc1ccc(Cn2ccnc2)cc1. The van der Waals surface area contributed by atoms with Gasteiger partial charge in [-0.25, -0.2) is 4.98 Å². The van der Waals surface area contributed by atoms with Gasteiger partial charge >= 0.3 is 0 Å². The summed E-state index contributed by atoms with van der Waals surface area (Å²) in [4.78, 5) is 8.36. The highest BCUT2D eigenvalue weighted by molar-refractivity contribution is 5.79. The van der Waals surface area contributed by atoms with Gasteiger partial charge in [-0.05, 0) is 17.0 Å². The molecule has 1 aromatic carbocycles. The minimum Gasteiger partial charge on any atom is -0.356 e. The Bertz CT molecular complexity index is 597. The van der Waals surface area contributed by atoms with Gasteiger partial charge in [-0.3, -0.25) is 4.99 Å². The second-order valence-corrected chi connectivity index (χ2v) is 6.04. The summed E-state index contributed by atoms with van der Waals surface area (Å²) in [5.74, 6) is 1.57. The minimum atomic E-state index is 0.700. The van der Waals surface area contributed by atoms with E-state index in [1.165, 1.54) is 24.0 Å². The van der Waals surface area contributed by atoms with Crippen molar-refractivity contribution in [3.63, 3.8) is 0 Å². The third kappa shape index (κ3) is 5.72. The Morgan fingerprint density at radius 3 is 2.42 bits per heavy atom. The van der Waals surface area contributed by atoms with Gasteiger partial charge < -0.3 is 15.2 Å². The van der Waals surface area contributed by atoms with E-state index in [-0.39, 0.29) is 0 Å². The summed E-state index contributed by atoms with van der Waals surface area (Å²) in [5.41, 5.74) is 2.52. The van der Waals surface area contributed by atoms with Crippen LogP contribution in [-0.2, 0) is 13.1 Å². The molecule has 2 aromatic rings. The number of nitrogens with one attached hydrogen (secondary N) is 2. The molecule has 0 fully saturated rings. The Morgan fingerprint density at radius 2 is 1.83 bits per heavy atom. The van der Waals surface area contributed by atoms with Crippen LogP contribution in [0.4, 0.5) is 0 Å². The van der Waals surface area contributed by atoms with Gasteiger partial charge in [-0.15, -0.1) is 0 Å². The number of benzene rings is 1. The molecule has 0 aliphatic rings. The number of aromatic nitrogens is 2. The summed E-state index contributed by atoms with van der Waals surface area (Å²) in [5, 5.41) is 6.79. The van der Waals surface area contributed by atoms with Crippen LogP contribution < -0.4 is 10.6 Å². The molecule has 24 heavy (non-hydrogen) atoms. The molecule has 0 saturated carbocycles. The third-order valence-corrected chi connectivity index (χ3v) is 4.34. The molecule has 130 valence electrons. The van der Waals surface area contributed by atoms with Gasteiger partial charge in [0.25, 0.3) is 0 Å². The normalized spacial score (nSPS) is 11.8. The van der Waals surface area contributed by atoms with Crippen LogP contribution in [0.2, 0.25) is 0 Å². The average molecular weight is 327 g/mol. The fourth-order valence-electron chi connectivity index (χ4n) is 2.58. The second-order valence-electron chi connectivity index (χ2n) is 6.04. The van der Waals surface area contributed by atoms with Crippen LogP contribution in [0.5, 0.6) is 0 Å². The molecule has 0 aliphatic carbocycles. The second kappa shape index (κ2) is 9.75. The minimum absolute atomic E-state index is 0.700. The predicted octanol–water partition coefficient (Wildman–Crippen LogP) is 3.03. The van der Waals surface area contributed by atoms with E-state index in [0.717, 1.165) is 25.6 Å². The van der Waals surface area contributed by atoms with Crippen LogP contribution in [-0.4, -0.2) is 29.1 Å². The van der Waals surface area contributed by atoms with Crippen molar-refractivity contribution in [3.8, 4) is 0 Å². The zero-order chi connectivity index (χ0) is 17.2. The smallest absolute Gasteiger partial charge is 0.191 e. The van der Waals surface area contributed by atoms with Crippen molar-refractivity contribution < 1.29 is 0 Å². The molecule has 0 saturated heterocycles. The Labute approximate surface area is 145 Å². The maximum Gasteiger partial charge on any atom is 0.191 e. The number of guanidine groups is 1. The fraction of sp³-hybridized carbons (Fsp3) is 0.474. The fourth-order valence-corrected chi connectivity index (χ4v) is 2.58. The number of nitrogens with zero attached hydrogens (tertiary/aromatic N) is 3. The summed E-state index contributed by atoms with van der Waals surface area (Å²) in [6.45, 7) is 7.06. The lowest BCUT2D eigenvalue weighted by atomic mass is 10.0. The standard InChI is InChI=1S/C19H29N5/c1-4-16(5-2)12-22-19(20-3)23-13-17-6-8-18(9-7-17)14-24-11-10-21-15-24/h6-11,15-16H,4-5,12-14H2,1-3H3,(H2,20,22,23). The van der Waals surface area contributed by atoms with Crippen LogP contribution >= 0.6 is 0 Å². The molecular formula is C19H29N5. The van der Waals surface area contributed by atoms with Gasteiger partial charge in [0.2, 0.25) is 0 Å². The molecule has 0 atom stereocenters. The van der Waals surface area contributed by atoms with Crippen LogP contribution in [0.15, 0.2) is 48.0 Å². The molecule has 0 amide bonds. The molecule has 5 heteroatoms. The lowest BCUT2D eigenvalue weighted by Crippen LogP contribution is -2.39. The summed E-state index contributed by atoms with van der Waals surface area (Å²) in [6.07, 6.45) is 8.01.